The molecule has 1 aliphatic rings. The molecule has 0 aliphatic carbocycles. The second kappa shape index (κ2) is 3.79. The summed E-state index contributed by atoms with van der Waals surface area (Å²) < 4.78 is 26.4. The minimum Gasteiger partial charge on any atom is -0.237 e. The first-order valence-electron chi connectivity index (χ1n) is 4.62. The molecule has 1 aliphatic heterocycles. The molecule has 2 unspecified atom stereocenters. The van der Waals surface area contributed by atoms with Crippen LogP contribution in [-0.4, -0.2) is 21.1 Å². The van der Waals surface area contributed by atoms with Gasteiger partial charge in [0.25, 0.3) is 0 Å². The van der Waals surface area contributed by atoms with E-state index < -0.39 is 11.0 Å². The lowest BCUT2D eigenvalue weighted by Crippen LogP contribution is -2.46. The first-order chi connectivity index (χ1) is 6.68. The van der Waals surface area contributed by atoms with Crippen LogP contribution in [0.2, 0.25) is 0 Å². The summed E-state index contributed by atoms with van der Waals surface area (Å²) >= 11 is 0. The molecule has 0 N–H and O–H groups in total. The molecule has 2 nitrogen and oxygen atoms in total. The Bertz CT molecular complexity index is 352. The maximum absolute atomic E-state index is 12.6. The van der Waals surface area contributed by atoms with Gasteiger partial charge < -0.3 is 0 Å². The van der Waals surface area contributed by atoms with Crippen LogP contribution in [0.1, 0.15) is 13.3 Å². The van der Waals surface area contributed by atoms with Gasteiger partial charge in [0.15, 0.2) is 0 Å². The Morgan fingerprint density at radius 2 is 2.07 bits per heavy atom. The molecule has 4 heteroatoms. The molecule has 76 valence electrons. The maximum atomic E-state index is 12.6. The summed E-state index contributed by atoms with van der Waals surface area (Å²) in [4.78, 5) is 0.679. The molecule has 0 aromatic heterocycles. The van der Waals surface area contributed by atoms with E-state index in [1.165, 1.54) is 12.1 Å². The van der Waals surface area contributed by atoms with Gasteiger partial charge in [0, 0.05) is 12.6 Å². The molecule has 0 radical (unpaired) electrons. The van der Waals surface area contributed by atoms with Crippen molar-refractivity contribution in [2.45, 2.75) is 24.3 Å². The Balaban J connectivity index is 2.15. The monoisotopic (exact) mass is 213 g/mol. The van der Waals surface area contributed by atoms with E-state index in [9.17, 15) is 8.60 Å². The van der Waals surface area contributed by atoms with Crippen molar-refractivity contribution < 1.29 is 8.60 Å². The molecule has 2 atom stereocenters. The average molecular weight is 213 g/mol. The molecule has 1 fully saturated rings. The van der Waals surface area contributed by atoms with Crippen LogP contribution in [0.5, 0.6) is 0 Å². The summed E-state index contributed by atoms with van der Waals surface area (Å²) in [6.07, 6.45) is 1.09. The van der Waals surface area contributed by atoms with Gasteiger partial charge >= 0.3 is 0 Å². The first-order valence-corrected chi connectivity index (χ1v) is 5.73. The highest BCUT2D eigenvalue weighted by Gasteiger charge is 2.29. The minimum absolute atomic E-state index is 0.289. The van der Waals surface area contributed by atoms with E-state index in [0.29, 0.717) is 10.9 Å². The molecule has 1 heterocycles. The normalized spacial score (nSPS) is 24.3. The summed E-state index contributed by atoms with van der Waals surface area (Å²) in [7, 11) is -1.11. The van der Waals surface area contributed by atoms with Crippen molar-refractivity contribution in [2.75, 3.05) is 6.54 Å². The maximum Gasteiger partial charge on any atom is 0.127 e. The zero-order valence-electron chi connectivity index (χ0n) is 7.94. The molecule has 0 saturated carbocycles. The van der Waals surface area contributed by atoms with Crippen LogP contribution in [0, 0.1) is 5.82 Å². The van der Waals surface area contributed by atoms with Crippen LogP contribution in [0.15, 0.2) is 29.2 Å². The number of hydrogen-bond acceptors (Lipinski definition) is 1. The highest BCUT2D eigenvalue weighted by Crippen LogP contribution is 2.23. The van der Waals surface area contributed by atoms with Crippen molar-refractivity contribution in [1.29, 1.82) is 0 Å². The van der Waals surface area contributed by atoms with Crippen LogP contribution in [0.4, 0.5) is 4.39 Å². The molecule has 0 amide bonds. The summed E-state index contributed by atoms with van der Waals surface area (Å²) in [5, 5.41) is 0. The fraction of sp³-hybridized carbons (Fsp3) is 0.400. The van der Waals surface area contributed by atoms with Crippen molar-refractivity contribution in [1.82, 2.24) is 4.31 Å². The van der Waals surface area contributed by atoms with Gasteiger partial charge in [-0.25, -0.2) is 12.9 Å². The molecular weight excluding hydrogens is 201 g/mol. The lowest BCUT2D eigenvalue weighted by molar-refractivity contribution is 0.229. The van der Waals surface area contributed by atoms with Gasteiger partial charge in [0.2, 0.25) is 0 Å². The third-order valence-electron chi connectivity index (χ3n) is 2.49. The topological polar surface area (TPSA) is 20.3 Å². The van der Waals surface area contributed by atoms with E-state index in [0.717, 1.165) is 13.0 Å². The van der Waals surface area contributed by atoms with E-state index in [2.05, 4.69) is 0 Å². The van der Waals surface area contributed by atoms with Crippen molar-refractivity contribution in [3.05, 3.63) is 30.1 Å². The predicted octanol–water partition coefficient (Wildman–Crippen LogP) is 1.94. The van der Waals surface area contributed by atoms with E-state index in [1.54, 1.807) is 12.1 Å². The number of hydrogen-bond donors (Lipinski definition) is 0. The van der Waals surface area contributed by atoms with Crippen LogP contribution >= 0.6 is 0 Å². The summed E-state index contributed by atoms with van der Waals surface area (Å²) in [5.74, 6) is -0.289. The Hall–Kier alpha value is -0.740. The average Bonchev–Trinajstić information content (AvgIpc) is 2.16. The molecule has 0 spiro atoms. The van der Waals surface area contributed by atoms with Gasteiger partial charge in [-0.05, 0) is 37.6 Å². The predicted molar refractivity (Wildman–Crippen MR) is 53.6 cm³/mol. The standard InChI is InChI=1S/C10H12FNOS/c1-8-6-7-12(8)14(13)10-4-2-9(11)3-5-10/h2-5,8H,6-7H2,1H3. The number of nitrogens with zero attached hydrogens (tertiary/aromatic N) is 1. The van der Waals surface area contributed by atoms with Gasteiger partial charge in [-0.3, -0.25) is 0 Å². The Labute approximate surface area is 85.3 Å². The summed E-state index contributed by atoms with van der Waals surface area (Å²) in [6, 6.07) is 6.23. The molecule has 1 aromatic carbocycles. The van der Waals surface area contributed by atoms with Gasteiger partial charge in [0.05, 0.1) is 4.90 Å². The van der Waals surface area contributed by atoms with Crippen LogP contribution < -0.4 is 0 Å². The second-order valence-electron chi connectivity index (χ2n) is 3.48. The van der Waals surface area contributed by atoms with Crippen molar-refractivity contribution in [3.63, 3.8) is 0 Å². The molecule has 1 saturated heterocycles. The van der Waals surface area contributed by atoms with Crippen LogP contribution in [0.3, 0.4) is 0 Å². The quantitative estimate of drug-likeness (QED) is 0.735. The summed E-state index contributed by atoms with van der Waals surface area (Å²) in [6.45, 7) is 2.91. The number of rotatable bonds is 2. The van der Waals surface area contributed by atoms with Crippen molar-refractivity contribution >= 4 is 11.0 Å². The molecule has 14 heavy (non-hydrogen) atoms. The molecular formula is C10H12FNOS. The minimum atomic E-state index is -1.11. The Morgan fingerprint density at radius 1 is 1.43 bits per heavy atom. The van der Waals surface area contributed by atoms with E-state index in [1.807, 2.05) is 11.2 Å². The molecule has 1 aromatic rings. The van der Waals surface area contributed by atoms with Gasteiger partial charge in [-0.2, -0.15) is 0 Å². The van der Waals surface area contributed by atoms with Gasteiger partial charge in [0.1, 0.15) is 16.8 Å². The highest BCUT2D eigenvalue weighted by atomic mass is 32.2. The van der Waals surface area contributed by atoms with Crippen molar-refractivity contribution in [2.24, 2.45) is 0 Å². The smallest absolute Gasteiger partial charge is 0.127 e. The van der Waals surface area contributed by atoms with E-state index in [4.69, 9.17) is 0 Å². The van der Waals surface area contributed by atoms with E-state index in [-0.39, 0.29) is 5.82 Å². The van der Waals surface area contributed by atoms with E-state index >= 15 is 0 Å². The summed E-state index contributed by atoms with van der Waals surface area (Å²) in [5.41, 5.74) is 0. The zero-order valence-corrected chi connectivity index (χ0v) is 8.76. The SMILES string of the molecule is CC1CCN1S(=O)c1ccc(F)cc1. The third-order valence-corrected chi connectivity index (χ3v) is 4.13. The Morgan fingerprint density at radius 3 is 2.50 bits per heavy atom. The first kappa shape index (κ1) is 9.80. The fourth-order valence-electron chi connectivity index (χ4n) is 1.43. The van der Waals surface area contributed by atoms with Crippen LogP contribution in [0.25, 0.3) is 0 Å². The lowest BCUT2D eigenvalue weighted by Gasteiger charge is -2.36. The number of benzene rings is 1. The van der Waals surface area contributed by atoms with Gasteiger partial charge in [-0.15, -0.1) is 0 Å². The fourth-order valence-corrected chi connectivity index (χ4v) is 2.77. The second-order valence-corrected chi connectivity index (χ2v) is 4.92. The molecule has 2 rings (SSSR count). The zero-order chi connectivity index (χ0) is 10.1. The van der Waals surface area contributed by atoms with Crippen molar-refractivity contribution in [3.8, 4) is 0 Å². The largest absolute Gasteiger partial charge is 0.237 e. The molecule has 0 bridgehead atoms. The highest BCUT2D eigenvalue weighted by molar-refractivity contribution is 7.82. The third kappa shape index (κ3) is 1.72. The lowest BCUT2D eigenvalue weighted by atomic mass is 10.1. The number of halogens is 1. The van der Waals surface area contributed by atoms with Crippen LogP contribution in [-0.2, 0) is 11.0 Å². The Kier molecular flexibility index (Phi) is 2.65. The van der Waals surface area contributed by atoms with Gasteiger partial charge in [-0.1, -0.05) is 0 Å².